The summed E-state index contributed by atoms with van der Waals surface area (Å²) >= 11 is 1.24. The minimum atomic E-state index is -0.746. The zero-order chi connectivity index (χ0) is 12.4. The molecule has 0 aliphatic carbocycles. The Morgan fingerprint density at radius 2 is 2.18 bits per heavy atom. The van der Waals surface area contributed by atoms with E-state index < -0.39 is 11.3 Å². The quantitative estimate of drug-likeness (QED) is 0.795. The van der Waals surface area contributed by atoms with Crippen LogP contribution in [0.3, 0.4) is 0 Å². The number of carbonyl (C=O) groups excluding carboxylic acids is 2. The van der Waals surface area contributed by atoms with E-state index in [1.165, 1.54) is 16.7 Å². The van der Waals surface area contributed by atoms with E-state index in [-0.39, 0.29) is 19.1 Å². The summed E-state index contributed by atoms with van der Waals surface area (Å²) in [6.07, 6.45) is 0. The monoisotopic (exact) mass is 252 g/mol. The molecule has 17 heavy (non-hydrogen) atoms. The molecule has 0 radical (unpaired) electrons. The van der Waals surface area contributed by atoms with Crippen molar-refractivity contribution in [2.24, 2.45) is 5.73 Å². The average Bonchev–Trinajstić information content (AvgIpc) is 2.32. The van der Waals surface area contributed by atoms with Crippen LogP contribution in [0.15, 0.2) is 29.2 Å². The molecule has 1 heterocycles. The number of β-amino-alcohol motifs (C(OH)–C–C–N with tert-alkyl or cyclic N) is 1. The molecular formula is C11H12N2O3S. The zero-order valence-corrected chi connectivity index (χ0v) is 9.81. The molecule has 1 atom stereocenters. The number of amides is 2. The summed E-state index contributed by atoms with van der Waals surface area (Å²) in [6.45, 7) is -0.0912. The molecule has 1 aromatic carbocycles. The number of primary amides is 1. The molecule has 0 spiro atoms. The van der Waals surface area contributed by atoms with Crippen LogP contribution < -0.4 is 5.73 Å². The highest BCUT2D eigenvalue weighted by atomic mass is 32.2. The van der Waals surface area contributed by atoms with Crippen molar-refractivity contribution in [1.29, 1.82) is 0 Å². The zero-order valence-electron chi connectivity index (χ0n) is 9.00. The molecule has 0 aromatic heterocycles. The first kappa shape index (κ1) is 11.9. The first-order valence-electron chi connectivity index (χ1n) is 5.12. The molecule has 1 unspecified atom stereocenters. The molecule has 2 amide bonds. The van der Waals surface area contributed by atoms with Crippen molar-refractivity contribution in [3.05, 3.63) is 29.8 Å². The van der Waals surface area contributed by atoms with E-state index in [2.05, 4.69) is 0 Å². The van der Waals surface area contributed by atoms with Gasteiger partial charge in [-0.25, -0.2) is 0 Å². The lowest BCUT2D eigenvalue weighted by Gasteiger charge is -2.33. The third-order valence-corrected chi connectivity index (χ3v) is 3.80. The van der Waals surface area contributed by atoms with Gasteiger partial charge in [-0.2, -0.15) is 0 Å². The lowest BCUT2D eigenvalue weighted by molar-refractivity contribution is -0.119. The van der Waals surface area contributed by atoms with Crippen LogP contribution in [0.2, 0.25) is 0 Å². The van der Waals surface area contributed by atoms with Gasteiger partial charge in [0.15, 0.2) is 5.37 Å². The molecule has 5 nitrogen and oxygen atoms in total. The van der Waals surface area contributed by atoms with Crippen molar-refractivity contribution in [3.8, 4) is 0 Å². The number of thioether (sulfide) groups is 1. The van der Waals surface area contributed by atoms with Gasteiger partial charge in [0.25, 0.3) is 11.8 Å². The number of benzene rings is 1. The maximum Gasteiger partial charge on any atom is 0.256 e. The lowest BCUT2D eigenvalue weighted by Crippen LogP contribution is -2.49. The SMILES string of the molecule is NC(=O)C1Sc2ccccc2C(=O)N1CCO. The normalized spacial score (nSPS) is 19.0. The second kappa shape index (κ2) is 4.77. The van der Waals surface area contributed by atoms with Gasteiger partial charge >= 0.3 is 0 Å². The second-order valence-electron chi connectivity index (χ2n) is 3.59. The highest BCUT2D eigenvalue weighted by molar-refractivity contribution is 8.00. The number of aliphatic hydroxyl groups excluding tert-OH is 1. The minimum absolute atomic E-state index is 0.105. The van der Waals surface area contributed by atoms with Gasteiger partial charge in [-0.05, 0) is 12.1 Å². The molecule has 0 bridgehead atoms. The standard InChI is InChI=1S/C11H12N2O3S/c12-9(15)11-13(5-6-14)10(16)7-3-1-2-4-8(7)17-11/h1-4,11,14H,5-6H2,(H2,12,15). The van der Waals surface area contributed by atoms with Gasteiger partial charge in [0, 0.05) is 11.4 Å². The van der Waals surface area contributed by atoms with Gasteiger partial charge in [0.2, 0.25) is 0 Å². The Morgan fingerprint density at radius 1 is 1.47 bits per heavy atom. The van der Waals surface area contributed by atoms with Crippen LogP contribution >= 0.6 is 11.8 Å². The summed E-state index contributed by atoms with van der Waals surface area (Å²) in [4.78, 5) is 25.5. The molecule has 1 aliphatic rings. The Kier molecular flexibility index (Phi) is 3.35. The third kappa shape index (κ3) is 2.13. The van der Waals surface area contributed by atoms with Crippen LogP contribution in [0.5, 0.6) is 0 Å². The Bertz CT molecular complexity index is 464. The van der Waals surface area contributed by atoms with E-state index >= 15 is 0 Å². The number of nitrogens with two attached hydrogens (primary N) is 1. The van der Waals surface area contributed by atoms with Crippen LogP contribution in [0.25, 0.3) is 0 Å². The molecule has 0 fully saturated rings. The molecule has 2 rings (SSSR count). The first-order chi connectivity index (χ1) is 8.15. The van der Waals surface area contributed by atoms with E-state index in [0.717, 1.165) is 4.90 Å². The van der Waals surface area contributed by atoms with Crippen molar-refractivity contribution in [2.45, 2.75) is 10.3 Å². The van der Waals surface area contributed by atoms with Gasteiger partial charge in [-0.15, -0.1) is 0 Å². The van der Waals surface area contributed by atoms with Crippen molar-refractivity contribution >= 4 is 23.6 Å². The molecule has 1 aromatic rings. The van der Waals surface area contributed by atoms with Gasteiger partial charge in [-0.3, -0.25) is 9.59 Å². The predicted molar refractivity (Wildman–Crippen MR) is 63.4 cm³/mol. The van der Waals surface area contributed by atoms with Crippen LogP contribution in [0.4, 0.5) is 0 Å². The molecule has 3 N–H and O–H groups in total. The molecule has 1 aliphatic heterocycles. The van der Waals surface area contributed by atoms with Crippen LogP contribution in [0.1, 0.15) is 10.4 Å². The maximum atomic E-state index is 12.1. The van der Waals surface area contributed by atoms with E-state index in [0.29, 0.717) is 5.56 Å². The number of hydrogen-bond donors (Lipinski definition) is 2. The van der Waals surface area contributed by atoms with Gasteiger partial charge in [0.05, 0.1) is 12.2 Å². The van der Waals surface area contributed by atoms with Crippen molar-refractivity contribution in [2.75, 3.05) is 13.2 Å². The number of nitrogens with zero attached hydrogens (tertiary/aromatic N) is 1. The summed E-state index contributed by atoms with van der Waals surface area (Å²) in [5.74, 6) is -0.844. The van der Waals surface area contributed by atoms with Gasteiger partial charge < -0.3 is 15.7 Å². The second-order valence-corrected chi connectivity index (χ2v) is 4.71. The van der Waals surface area contributed by atoms with Crippen molar-refractivity contribution in [1.82, 2.24) is 4.90 Å². The number of rotatable bonds is 3. The Morgan fingerprint density at radius 3 is 2.82 bits per heavy atom. The summed E-state index contributed by atoms with van der Waals surface area (Å²) in [6, 6.07) is 7.05. The number of fused-ring (bicyclic) bond motifs is 1. The topological polar surface area (TPSA) is 83.6 Å². The van der Waals surface area contributed by atoms with Crippen molar-refractivity contribution in [3.63, 3.8) is 0 Å². The summed E-state index contributed by atoms with van der Waals surface area (Å²) in [7, 11) is 0. The molecular weight excluding hydrogens is 240 g/mol. The number of aliphatic hydroxyl groups is 1. The molecule has 0 saturated carbocycles. The van der Waals surface area contributed by atoms with Gasteiger partial charge in [-0.1, -0.05) is 23.9 Å². The fourth-order valence-electron chi connectivity index (χ4n) is 1.73. The van der Waals surface area contributed by atoms with Crippen LogP contribution in [0, 0.1) is 0 Å². The van der Waals surface area contributed by atoms with Crippen molar-refractivity contribution < 1.29 is 14.7 Å². The van der Waals surface area contributed by atoms with E-state index in [1.54, 1.807) is 24.3 Å². The summed E-state index contributed by atoms with van der Waals surface area (Å²) in [5.41, 5.74) is 5.82. The lowest BCUT2D eigenvalue weighted by atomic mass is 10.2. The summed E-state index contributed by atoms with van der Waals surface area (Å²) in [5, 5.41) is 8.18. The smallest absolute Gasteiger partial charge is 0.256 e. The molecule has 0 saturated heterocycles. The maximum absolute atomic E-state index is 12.1. The Hall–Kier alpha value is -1.53. The third-order valence-electron chi connectivity index (χ3n) is 2.48. The van der Waals surface area contributed by atoms with Crippen LogP contribution in [-0.2, 0) is 4.79 Å². The Balaban J connectivity index is 2.40. The van der Waals surface area contributed by atoms with Gasteiger partial charge in [0.1, 0.15) is 0 Å². The largest absolute Gasteiger partial charge is 0.395 e. The van der Waals surface area contributed by atoms with E-state index in [4.69, 9.17) is 10.8 Å². The highest BCUT2D eigenvalue weighted by Gasteiger charge is 2.35. The molecule has 6 heteroatoms. The predicted octanol–water partition coefficient (Wildman–Crippen LogP) is 0.0382. The average molecular weight is 252 g/mol. The fourth-order valence-corrected chi connectivity index (χ4v) is 2.85. The number of hydrogen-bond acceptors (Lipinski definition) is 4. The fraction of sp³-hybridized carbons (Fsp3) is 0.273. The van der Waals surface area contributed by atoms with E-state index in [9.17, 15) is 9.59 Å². The highest BCUT2D eigenvalue weighted by Crippen LogP contribution is 2.34. The molecule has 90 valence electrons. The van der Waals surface area contributed by atoms with Crippen LogP contribution in [-0.4, -0.2) is 40.3 Å². The Labute approximate surface area is 103 Å². The first-order valence-corrected chi connectivity index (χ1v) is 6.00. The summed E-state index contributed by atoms with van der Waals surface area (Å²) < 4.78 is 0. The van der Waals surface area contributed by atoms with E-state index in [1.807, 2.05) is 0 Å². The number of carbonyl (C=O) groups is 2. The minimum Gasteiger partial charge on any atom is -0.395 e.